The average molecular weight is 630 g/mol. The van der Waals surface area contributed by atoms with Gasteiger partial charge in [-0.2, -0.15) is 0 Å². The highest BCUT2D eigenvalue weighted by atomic mass is 32.2. The van der Waals surface area contributed by atoms with E-state index < -0.39 is 34.3 Å². The van der Waals surface area contributed by atoms with Crippen molar-refractivity contribution >= 4 is 27.5 Å². The molecule has 0 heterocycles. The normalized spacial score (nSPS) is 12.6. The van der Waals surface area contributed by atoms with Crippen LogP contribution in [-0.4, -0.2) is 43.8 Å². The van der Waals surface area contributed by atoms with E-state index in [2.05, 4.69) is 5.32 Å². The summed E-state index contributed by atoms with van der Waals surface area (Å²) in [5.74, 6) is -1.45. The smallest absolute Gasteiger partial charge is 0.264 e. The molecular formula is C36H40FN3O4S. The van der Waals surface area contributed by atoms with E-state index in [1.165, 1.54) is 17.0 Å². The van der Waals surface area contributed by atoms with Gasteiger partial charge in [0.25, 0.3) is 10.0 Å². The zero-order valence-electron chi connectivity index (χ0n) is 26.1. The van der Waals surface area contributed by atoms with Gasteiger partial charge in [-0.05, 0) is 80.3 Å². The fraction of sp³-hybridized carbons (Fsp3) is 0.278. The fourth-order valence-electron chi connectivity index (χ4n) is 4.94. The molecule has 0 spiro atoms. The third-order valence-corrected chi connectivity index (χ3v) is 9.66. The molecule has 0 fully saturated rings. The zero-order chi connectivity index (χ0) is 32.6. The molecular weight excluding hydrogens is 589 g/mol. The summed E-state index contributed by atoms with van der Waals surface area (Å²) in [6, 6.07) is 27.3. The molecule has 0 bridgehead atoms. The molecule has 7 nitrogen and oxygen atoms in total. The van der Waals surface area contributed by atoms with E-state index in [9.17, 15) is 22.4 Å². The topological polar surface area (TPSA) is 86.8 Å². The van der Waals surface area contributed by atoms with Gasteiger partial charge in [-0.15, -0.1) is 0 Å². The van der Waals surface area contributed by atoms with Crippen molar-refractivity contribution in [2.24, 2.45) is 0 Å². The van der Waals surface area contributed by atoms with E-state index in [4.69, 9.17) is 0 Å². The summed E-state index contributed by atoms with van der Waals surface area (Å²) >= 11 is 0. The van der Waals surface area contributed by atoms with Crippen molar-refractivity contribution in [1.29, 1.82) is 0 Å². The van der Waals surface area contributed by atoms with E-state index in [0.29, 0.717) is 6.42 Å². The van der Waals surface area contributed by atoms with Crippen LogP contribution in [0.15, 0.2) is 108 Å². The van der Waals surface area contributed by atoms with Gasteiger partial charge in [0.2, 0.25) is 11.8 Å². The molecule has 45 heavy (non-hydrogen) atoms. The van der Waals surface area contributed by atoms with Crippen molar-refractivity contribution in [3.8, 4) is 0 Å². The lowest BCUT2D eigenvalue weighted by atomic mass is 10.0. The van der Waals surface area contributed by atoms with E-state index in [0.717, 1.165) is 38.7 Å². The van der Waals surface area contributed by atoms with Crippen molar-refractivity contribution in [2.45, 2.75) is 64.1 Å². The quantitative estimate of drug-likeness (QED) is 0.191. The van der Waals surface area contributed by atoms with Gasteiger partial charge in [-0.3, -0.25) is 13.9 Å². The second-order valence-electron chi connectivity index (χ2n) is 11.3. The van der Waals surface area contributed by atoms with Crippen LogP contribution in [0.3, 0.4) is 0 Å². The predicted octanol–water partition coefficient (Wildman–Crippen LogP) is 6.19. The Hall–Kier alpha value is -4.50. The lowest BCUT2D eigenvalue weighted by Crippen LogP contribution is -2.54. The Morgan fingerprint density at radius 3 is 2.09 bits per heavy atom. The lowest BCUT2D eigenvalue weighted by molar-refractivity contribution is -0.140. The number of hydrogen-bond acceptors (Lipinski definition) is 4. The standard InChI is InChI=1S/C36H40FN3O4S/c1-5-28(4)38-36(42)34(23-29-12-7-6-8-13-29)39(24-30-14-10-9-11-27(30)3)35(41)25-40(32-19-15-26(2)16-20-32)45(43,44)33-21-17-31(37)18-22-33/h6-22,28,34H,5,23-25H2,1-4H3,(H,38,42)/t28-,34+/m1/s1. The number of carbonyl (C=O) groups is 2. The van der Waals surface area contributed by atoms with E-state index >= 15 is 0 Å². The third kappa shape index (κ3) is 8.57. The van der Waals surface area contributed by atoms with Gasteiger partial charge in [0, 0.05) is 19.0 Å². The second kappa shape index (κ2) is 15.0. The molecule has 2 atom stereocenters. The average Bonchev–Trinajstić information content (AvgIpc) is 3.03. The molecule has 4 rings (SSSR count). The van der Waals surface area contributed by atoms with E-state index in [1.54, 1.807) is 24.3 Å². The largest absolute Gasteiger partial charge is 0.352 e. The first-order chi connectivity index (χ1) is 21.5. The Morgan fingerprint density at radius 2 is 1.47 bits per heavy atom. The highest BCUT2D eigenvalue weighted by Gasteiger charge is 2.35. The first-order valence-corrected chi connectivity index (χ1v) is 16.5. The number of aryl methyl sites for hydroxylation is 2. The van der Waals surface area contributed by atoms with Gasteiger partial charge in [0.05, 0.1) is 10.6 Å². The molecule has 0 saturated heterocycles. The van der Waals surface area contributed by atoms with Gasteiger partial charge in [-0.1, -0.05) is 79.2 Å². The molecule has 4 aromatic rings. The first-order valence-electron chi connectivity index (χ1n) is 15.0. The van der Waals surface area contributed by atoms with Crippen LogP contribution in [0.25, 0.3) is 0 Å². The van der Waals surface area contributed by atoms with Gasteiger partial charge in [0.15, 0.2) is 0 Å². The van der Waals surface area contributed by atoms with Crippen molar-refractivity contribution in [1.82, 2.24) is 10.2 Å². The number of anilines is 1. The molecule has 236 valence electrons. The second-order valence-corrected chi connectivity index (χ2v) is 13.1. The van der Waals surface area contributed by atoms with Crippen LogP contribution in [0, 0.1) is 19.7 Å². The number of carbonyl (C=O) groups excluding carboxylic acids is 2. The maximum atomic E-state index is 14.5. The summed E-state index contributed by atoms with van der Waals surface area (Å²) in [5, 5.41) is 3.04. The molecule has 4 aromatic carbocycles. The molecule has 1 N–H and O–H groups in total. The zero-order valence-corrected chi connectivity index (χ0v) is 26.9. The van der Waals surface area contributed by atoms with Crippen LogP contribution in [0.1, 0.15) is 42.5 Å². The van der Waals surface area contributed by atoms with Crippen LogP contribution in [0.5, 0.6) is 0 Å². The molecule has 2 amide bonds. The maximum Gasteiger partial charge on any atom is 0.264 e. The molecule has 0 saturated carbocycles. The number of amides is 2. The maximum absolute atomic E-state index is 14.5. The molecule has 0 radical (unpaired) electrons. The monoisotopic (exact) mass is 629 g/mol. The number of rotatable bonds is 13. The summed E-state index contributed by atoms with van der Waals surface area (Å²) in [7, 11) is -4.30. The van der Waals surface area contributed by atoms with Gasteiger partial charge >= 0.3 is 0 Å². The Bertz CT molecular complexity index is 1690. The lowest BCUT2D eigenvalue weighted by Gasteiger charge is -2.34. The van der Waals surface area contributed by atoms with Gasteiger partial charge in [0.1, 0.15) is 18.4 Å². The fourth-order valence-corrected chi connectivity index (χ4v) is 6.35. The number of sulfonamides is 1. The number of nitrogens with one attached hydrogen (secondary N) is 1. The minimum absolute atomic E-state index is 0.0925. The Kier molecular flexibility index (Phi) is 11.1. The minimum atomic E-state index is -4.30. The summed E-state index contributed by atoms with van der Waals surface area (Å²) in [6.07, 6.45) is 0.933. The van der Waals surface area contributed by atoms with Crippen molar-refractivity contribution in [3.05, 3.63) is 131 Å². The molecule has 0 aliphatic heterocycles. The predicted molar refractivity (Wildman–Crippen MR) is 176 cm³/mol. The number of hydrogen-bond donors (Lipinski definition) is 1. The third-order valence-electron chi connectivity index (χ3n) is 7.88. The van der Waals surface area contributed by atoms with Crippen LogP contribution in [0.2, 0.25) is 0 Å². The number of halogens is 1. The van der Waals surface area contributed by atoms with Crippen LogP contribution < -0.4 is 9.62 Å². The molecule has 0 aliphatic carbocycles. The Labute approximate surface area is 265 Å². The molecule has 9 heteroatoms. The molecule has 0 aromatic heterocycles. The summed E-state index contributed by atoms with van der Waals surface area (Å²) in [6.45, 7) is 7.20. The van der Waals surface area contributed by atoms with Gasteiger partial charge < -0.3 is 10.2 Å². The highest BCUT2D eigenvalue weighted by molar-refractivity contribution is 7.92. The highest BCUT2D eigenvalue weighted by Crippen LogP contribution is 2.26. The van der Waals surface area contributed by atoms with E-state index in [1.807, 2.05) is 82.3 Å². The van der Waals surface area contributed by atoms with E-state index in [-0.39, 0.29) is 35.5 Å². The van der Waals surface area contributed by atoms with Crippen LogP contribution >= 0.6 is 0 Å². The Morgan fingerprint density at radius 1 is 0.844 bits per heavy atom. The summed E-state index contributed by atoms with van der Waals surface area (Å²) in [5.41, 5.74) is 3.82. The summed E-state index contributed by atoms with van der Waals surface area (Å²) in [4.78, 5) is 29.7. The number of nitrogens with zero attached hydrogens (tertiary/aromatic N) is 2. The summed E-state index contributed by atoms with van der Waals surface area (Å²) < 4.78 is 42.8. The molecule has 0 unspecified atom stereocenters. The van der Waals surface area contributed by atoms with Crippen molar-refractivity contribution < 1.29 is 22.4 Å². The minimum Gasteiger partial charge on any atom is -0.352 e. The van der Waals surface area contributed by atoms with Crippen molar-refractivity contribution in [2.75, 3.05) is 10.8 Å². The van der Waals surface area contributed by atoms with Crippen LogP contribution in [-0.2, 0) is 32.6 Å². The van der Waals surface area contributed by atoms with Crippen molar-refractivity contribution in [3.63, 3.8) is 0 Å². The number of benzene rings is 4. The first kappa shape index (κ1) is 33.4. The van der Waals surface area contributed by atoms with Crippen LogP contribution in [0.4, 0.5) is 10.1 Å². The SMILES string of the molecule is CC[C@@H](C)NC(=O)[C@H](Cc1ccccc1)N(Cc1ccccc1C)C(=O)CN(c1ccc(C)cc1)S(=O)(=O)c1ccc(F)cc1. The van der Waals surface area contributed by atoms with Gasteiger partial charge in [-0.25, -0.2) is 12.8 Å². The molecule has 0 aliphatic rings. The Balaban J connectivity index is 1.81.